The Morgan fingerprint density at radius 1 is 1.44 bits per heavy atom. The van der Waals surface area contributed by atoms with Gasteiger partial charge in [0.05, 0.1) is 0 Å². The van der Waals surface area contributed by atoms with Crippen LogP contribution in [0.4, 0.5) is 0 Å². The largest absolute Gasteiger partial charge is 0.337 e. The summed E-state index contributed by atoms with van der Waals surface area (Å²) >= 11 is 0. The van der Waals surface area contributed by atoms with Crippen LogP contribution in [0.15, 0.2) is 24.3 Å². The standard InChI is InChI=1S/C14H15NO/c1-3-12-8-14(16)15(9-12)10-13-6-4-11(2)5-7-13/h1,4-7,12H,8-10H2,2H3. The van der Waals surface area contributed by atoms with Gasteiger partial charge in [-0.3, -0.25) is 4.79 Å². The molecular weight excluding hydrogens is 198 g/mol. The summed E-state index contributed by atoms with van der Waals surface area (Å²) in [6.45, 7) is 3.43. The number of amides is 1. The van der Waals surface area contributed by atoms with Crippen LogP contribution in [-0.2, 0) is 11.3 Å². The number of carbonyl (C=O) groups excluding carboxylic acids is 1. The summed E-state index contributed by atoms with van der Waals surface area (Å²) in [6, 6.07) is 8.25. The smallest absolute Gasteiger partial charge is 0.224 e. The molecule has 1 aromatic carbocycles. The summed E-state index contributed by atoms with van der Waals surface area (Å²) in [7, 11) is 0. The molecule has 1 aliphatic heterocycles. The fourth-order valence-electron chi connectivity index (χ4n) is 1.95. The van der Waals surface area contributed by atoms with Gasteiger partial charge >= 0.3 is 0 Å². The lowest BCUT2D eigenvalue weighted by atomic mass is 10.1. The van der Waals surface area contributed by atoms with Crippen molar-refractivity contribution in [2.75, 3.05) is 6.54 Å². The number of hydrogen-bond donors (Lipinski definition) is 0. The van der Waals surface area contributed by atoms with Gasteiger partial charge in [-0.15, -0.1) is 12.3 Å². The Labute approximate surface area is 96.3 Å². The molecule has 82 valence electrons. The first-order valence-electron chi connectivity index (χ1n) is 5.48. The van der Waals surface area contributed by atoms with Crippen LogP contribution >= 0.6 is 0 Å². The maximum absolute atomic E-state index is 11.6. The molecule has 2 heteroatoms. The molecule has 1 aromatic rings. The minimum Gasteiger partial charge on any atom is -0.337 e. The number of terminal acetylenes is 1. The average molecular weight is 213 g/mol. The van der Waals surface area contributed by atoms with Crippen molar-refractivity contribution >= 4 is 5.91 Å². The minimum atomic E-state index is 0.0953. The average Bonchev–Trinajstić information content (AvgIpc) is 2.63. The summed E-state index contributed by atoms with van der Waals surface area (Å²) in [5, 5.41) is 0. The minimum absolute atomic E-state index is 0.0953. The Bertz CT molecular complexity index is 427. The zero-order chi connectivity index (χ0) is 11.5. The van der Waals surface area contributed by atoms with E-state index >= 15 is 0 Å². The van der Waals surface area contributed by atoms with Gasteiger partial charge in [0.25, 0.3) is 0 Å². The Kier molecular flexibility index (Phi) is 2.96. The molecule has 0 aliphatic carbocycles. The maximum atomic E-state index is 11.6. The molecule has 1 amide bonds. The highest BCUT2D eigenvalue weighted by Gasteiger charge is 2.27. The Morgan fingerprint density at radius 2 is 2.12 bits per heavy atom. The van der Waals surface area contributed by atoms with E-state index in [0.717, 1.165) is 5.56 Å². The third-order valence-corrected chi connectivity index (χ3v) is 2.94. The summed E-state index contributed by atoms with van der Waals surface area (Å²) in [5.41, 5.74) is 2.40. The van der Waals surface area contributed by atoms with Crippen molar-refractivity contribution < 1.29 is 4.79 Å². The van der Waals surface area contributed by atoms with Gasteiger partial charge in [0.15, 0.2) is 0 Å². The summed E-state index contributed by atoms with van der Waals surface area (Å²) in [6.07, 6.45) is 5.84. The second kappa shape index (κ2) is 4.40. The Balaban J connectivity index is 2.03. The molecule has 1 unspecified atom stereocenters. The number of nitrogens with zero attached hydrogens (tertiary/aromatic N) is 1. The van der Waals surface area contributed by atoms with Crippen LogP contribution in [0.25, 0.3) is 0 Å². The highest BCUT2D eigenvalue weighted by Crippen LogP contribution is 2.19. The lowest BCUT2D eigenvalue weighted by Crippen LogP contribution is -2.24. The molecule has 1 aliphatic rings. The Morgan fingerprint density at radius 3 is 2.69 bits per heavy atom. The fraction of sp³-hybridized carbons (Fsp3) is 0.357. The van der Waals surface area contributed by atoms with Gasteiger partial charge in [-0.25, -0.2) is 0 Å². The second-order valence-electron chi connectivity index (χ2n) is 4.33. The van der Waals surface area contributed by atoms with Crippen LogP contribution in [0.1, 0.15) is 17.5 Å². The van der Waals surface area contributed by atoms with E-state index in [4.69, 9.17) is 6.42 Å². The first-order valence-corrected chi connectivity index (χ1v) is 5.48. The monoisotopic (exact) mass is 213 g/mol. The molecule has 0 radical (unpaired) electrons. The van der Waals surface area contributed by atoms with Crippen LogP contribution in [0, 0.1) is 25.2 Å². The molecule has 0 spiro atoms. The normalized spacial score (nSPS) is 19.9. The SMILES string of the molecule is C#CC1CC(=O)N(Cc2ccc(C)cc2)C1. The van der Waals surface area contributed by atoms with Crippen LogP contribution in [0.3, 0.4) is 0 Å². The molecule has 0 bridgehead atoms. The number of benzene rings is 1. The Hall–Kier alpha value is -1.75. The summed E-state index contributed by atoms with van der Waals surface area (Å²) in [5.74, 6) is 2.92. The molecule has 0 aromatic heterocycles. The number of likely N-dealkylation sites (tertiary alicyclic amines) is 1. The fourth-order valence-corrected chi connectivity index (χ4v) is 1.95. The van der Waals surface area contributed by atoms with E-state index in [1.165, 1.54) is 5.56 Å². The van der Waals surface area contributed by atoms with Crippen LogP contribution in [0.2, 0.25) is 0 Å². The van der Waals surface area contributed by atoms with E-state index in [9.17, 15) is 4.79 Å². The predicted octanol–water partition coefficient (Wildman–Crippen LogP) is 1.98. The molecule has 0 saturated carbocycles. The highest BCUT2D eigenvalue weighted by molar-refractivity contribution is 5.79. The van der Waals surface area contributed by atoms with E-state index in [1.54, 1.807) is 0 Å². The molecule has 1 saturated heterocycles. The zero-order valence-corrected chi connectivity index (χ0v) is 9.44. The molecule has 2 nitrogen and oxygen atoms in total. The maximum Gasteiger partial charge on any atom is 0.224 e. The van der Waals surface area contributed by atoms with E-state index < -0.39 is 0 Å². The highest BCUT2D eigenvalue weighted by atomic mass is 16.2. The van der Waals surface area contributed by atoms with Crippen LogP contribution < -0.4 is 0 Å². The van der Waals surface area contributed by atoms with Gasteiger partial charge in [0.1, 0.15) is 0 Å². The van der Waals surface area contributed by atoms with E-state index in [2.05, 4.69) is 37.1 Å². The van der Waals surface area contributed by atoms with Gasteiger partial charge in [0, 0.05) is 25.4 Å². The molecular formula is C14H15NO. The van der Waals surface area contributed by atoms with Gasteiger partial charge < -0.3 is 4.90 Å². The van der Waals surface area contributed by atoms with Crippen LogP contribution in [-0.4, -0.2) is 17.4 Å². The third-order valence-electron chi connectivity index (χ3n) is 2.94. The quantitative estimate of drug-likeness (QED) is 0.688. The van der Waals surface area contributed by atoms with Gasteiger partial charge in [-0.1, -0.05) is 29.8 Å². The van der Waals surface area contributed by atoms with Crippen molar-refractivity contribution in [2.24, 2.45) is 5.92 Å². The van der Waals surface area contributed by atoms with Crippen molar-refractivity contribution in [3.05, 3.63) is 35.4 Å². The van der Waals surface area contributed by atoms with E-state index in [0.29, 0.717) is 19.5 Å². The van der Waals surface area contributed by atoms with E-state index in [-0.39, 0.29) is 11.8 Å². The van der Waals surface area contributed by atoms with Crippen molar-refractivity contribution in [1.82, 2.24) is 4.90 Å². The number of hydrogen-bond acceptors (Lipinski definition) is 1. The molecule has 1 atom stereocenters. The summed E-state index contributed by atoms with van der Waals surface area (Å²) in [4.78, 5) is 13.5. The van der Waals surface area contributed by atoms with Crippen molar-refractivity contribution in [3.63, 3.8) is 0 Å². The molecule has 16 heavy (non-hydrogen) atoms. The van der Waals surface area contributed by atoms with Crippen LogP contribution in [0.5, 0.6) is 0 Å². The molecule has 1 heterocycles. The van der Waals surface area contributed by atoms with Gasteiger partial charge in [-0.05, 0) is 12.5 Å². The molecule has 1 fully saturated rings. The zero-order valence-electron chi connectivity index (χ0n) is 9.44. The third kappa shape index (κ3) is 2.25. The lowest BCUT2D eigenvalue weighted by Gasteiger charge is -2.15. The van der Waals surface area contributed by atoms with Gasteiger partial charge in [0.2, 0.25) is 5.91 Å². The topological polar surface area (TPSA) is 20.3 Å². The van der Waals surface area contributed by atoms with Crippen molar-refractivity contribution in [3.8, 4) is 12.3 Å². The number of aryl methyl sites for hydroxylation is 1. The number of carbonyl (C=O) groups is 1. The first kappa shape index (κ1) is 10.8. The van der Waals surface area contributed by atoms with Gasteiger partial charge in [-0.2, -0.15) is 0 Å². The van der Waals surface area contributed by atoms with Crippen molar-refractivity contribution in [2.45, 2.75) is 19.9 Å². The first-order chi connectivity index (χ1) is 7.69. The second-order valence-corrected chi connectivity index (χ2v) is 4.33. The number of rotatable bonds is 2. The summed E-state index contributed by atoms with van der Waals surface area (Å²) < 4.78 is 0. The molecule has 0 N–H and O–H groups in total. The van der Waals surface area contributed by atoms with Crippen molar-refractivity contribution in [1.29, 1.82) is 0 Å². The molecule has 2 rings (SSSR count). The predicted molar refractivity (Wildman–Crippen MR) is 63.5 cm³/mol. The van der Waals surface area contributed by atoms with E-state index in [1.807, 2.05) is 4.90 Å². The lowest BCUT2D eigenvalue weighted by molar-refractivity contribution is -0.128.